The number of halogens is 1. The normalized spacial score (nSPS) is 12.5. The van der Waals surface area contributed by atoms with E-state index in [1.54, 1.807) is 6.20 Å². The van der Waals surface area contributed by atoms with E-state index in [9.17, 15) is 0 Å². The molecular weight excluding hydrogens is 240 g/mol. The predicted molar refractivity (Wildman–Crippen MR) is 62.9 cm³/mol. The molecule has 1 atom stereocenters. The summed E-state index contributed by atoms with van der Waals surface area (Å²) < 4.78 is 0.969. The van der Waals surface area contributed by atoms with Crippen molar-refractivity contribution in [1.29, 1.82) is 0 Å². The van der Waals surface area contributed by atoms with Crippen LogP contribution in [0.1, 0.15) is 31.5 Å². The Morgan fingerprint density at radius 2 is 2.43 bits per heavy atom. The van der Waals surface area contributed by atoms with Crippen LogP contribution in [0.2, 0.25) is 0 Å². The molecule has 0 aliphatic carbocycles. The third kappa shape index (κ3) is 2.93. The summed E-state index contributed by atoms with van der Waals surface area (Å²) in [5.41, 5.74) is 8.09. The third-order valence-electron chi connectivity index (χ3n) is 2.15. The van der Waals surface area contributed by atoms with E-state index in [1.807, 2.05) is 12.1 Å². The molecule has 0 saturated carbocycles. The Morgan fingerprint density at radius 3 is 3.00 bits per heavy atom. The molecule has 0 saturated heterocycles. The van der Waals surface area contributed by atoms with Crippen molar-refractivity contribution in [3.8, 4) is 0 Å². The minimum atomic E-state index is -0.0574. The van der Waals surface area contributed by atoms with E-state index in [2.05, 4.69) is 34.4 Å². The zero-order chi connectivity index (χ0) is 10.6. The molecule has 0 spiro atoms. The maximum atomic E-state index is 6.02. The van der Waals surface area contributed by atoms with Crippen molar-refractivity contribution in [2.75, 3.05) is 0 Å². The van der Waals surface area contributed by atoms with Crippen LogP contribution in [0.5, 0.6) is 0 Å². The first-order chi connectivity index (χ1) is 6.65. The second-order valence-electron chi connectivity index (χ2n) is 3.28. The van der Waals surface area contributed by atoms with Gasteiger partial charge in [-0.1, -0.05) is 19.1 Å². The molecule has 14 heavy (non-hydrogen) atoms. The Labute approximate surface area is 93.4 Å². The highest BCUT2D eigenvalue weighted by molar-refractivity contribution is 9.10. The summed E-state index contributed by atoms with van der Waals surface area (Å²) in [4.78, 5) is 4.25. The second-order valence-corrected chi connectivity index (χ2v) is 4.14. The van der Waals surface area contributed by atoms with Crippen molar-refractivity contribution >= 4 is 15.9 Å². The van der Waals surface area contributed by atoms with E-state index in [-0.39, 0.29) is 6.04 Å². The number of nitrogens with zero attached hydrogens (tertiary/aromatic N) is 1. The monoisotopic (exact) mass is 254 g/mol. The molecule has 1 rings (SSSR count). The Balaban J connectivity index is 2.74. The molecule has 0 fully saturated rings. The van der Waals surface area contributed by atoms with Crippen LogP contribution in [-0.4, -0.2) is 4.98 Å². The van der Waals surface area contributed by atoms with Crippen molar-refractivity contribution in [3.63, 3.8) is 0 Å². The topological polar surface area (TPSA) is 38.9 Å². The SMILES string of the molecule is C=C(CC)CC(N)c1ncccc1Br. The largest absolute Gasteiger partial charge is 0.322 e. The summed E-state index contributed by atoms with van der Waals surface area (Å²) in [6.07, 6.45) is 3.53. The average Bonchev–Trinajstić information content (AvgIpc) is 2.18. The lowest BCUT2D eigenvalue weighted by molar-refractivity contribution is 0.675. The van der Waals surface area contributed by atoms with Crippen LogP contribution >= 0.6 is 15.9 Å². The van der Waals surface area contributed by atoms with Crippen molar-refractivity contribution < 1.29 is 0 Å². The van der Waals surface area contributed by atoms with Gasteiger partial charge in [-0.05, 0) is 40.9 Å². The van der Waals surface area contributed by atoms with E-state index < -0.39 is 0 Å². The average molecular weight is 255 g/mol. The van der Waals surface area contributed by atoms with Crippen molar-refractivity contribution in [2.45, 2.75) is 25.8 Å². The fourth-order valence-electron chi connectivity index (χ4n) is 1.22. The zero-order valence-electron chi connectivity index (χ0n) is 8.33. The molecule has 1 aromatic rings. The standard InChI is InChI=1S/C11H15BrN2/c1-3-8(2)7-10(13)11-9(12)5-4-6-14-11/h4-6,10H,2-3,7,13H2,1H3. The molecule has 1 heterocycles. The molecule has 0 radical (unpaired) electrons. The Morgan fingerprint density at radius 1 is 1.71 bits per heavy atom. The molecule has 2 nitrogen and oxygen atoms in total. The van der Waals surface area contributed by atoms with Crippen LogP contribution in [0.4, 0.5) is 0 Å². The highest BCUT2D eigenvalue weighted by Gasteiger charge is 2.11. The molecule has 0 amide bonds. The minimum Gasteiger partial charge on any atom is -0.322 e. The van der Waals surface area contributed by atoms with Crippen molar-refractivity contribution in [3.05, 3.63) is 40.6 Å². The molecule has 3 heteroatoms. The lowest BCUT2D eigenvalue weighted by Gasteiger charge is -2.13. The van der Waals surface area contributed by atoms with Gasteiger partial charge in [0.15, 0.2) is 0 Å². The number of aromatic nitrogens is 1. The van der Waals surface area contributed by atoms with E-state index >= 15 is 0 Å². The first-order valence-electron chi connectivity index (χ1n) is 4.67. The maximum absolute atomic E-state index is 6.02. The fraction of sp³-hybridized carbons (Fsp3) is 0.364. The van der Waals surface area contributed by atoms with Crippen LogP contribution in [0, 0.1) is 0 Å². The Kier molecular flexibility index (Phi) is 4.29. The van der Waals surface area contributed by atoms with Crippen molar-refractivity contribution in [1.82, 2.24) is 4.98 Å². The van der Waals surface area contributed by atoms with Gasteiger partial charge in [0, 0.05) is 10.7 Å². The van der Waals surface area contributed by atoms with Gasteiger partial charge in [0.25, 0.3) is 0 Å². The number of pyridine rings is 1. The van der Waals surface area contributed by atoms with Crippen molar-refractivity contribution in [2.24, 2.45) is 5.73 Å². The van der Waals surface area contributed by atoms with Crippen LogP contribution in [0.25, 0.3) is 0 Å². The predicted octanol–water partition coefficient (Wildman–Crippen LogP) is 3.20. The van der Waals surface area contributed by atoms with Gasteiger partial charge in [-0.2, -0.15) is 0 Å². The lowest BCUT2D eigenvalue weighted by Crippen LogP contribution is -2.13. The Hall–Kier alpha value is -0.670. The summed E-state index contributed by atoms with van der Waals surface area (Å²) in [7, 11) is 0. The summed E-state index contributed by atoms with van der Waals surface area (Å²) in [6, 6.07) is 3.78. The summed E-state index contributed by atoms with van der Waals surface area (Å²) in [5.74, 6) is 0. The van der Waals surface area contributed by atoms with Crippen LogP contribution in [0.3, 0.4) is 0 Å². The molecule has 0 aliphatic rings. The number of hydrogen-bond donors (Lipinski definition) is 1. The van der Waals surface area contributed by atoms with Gasteiger partial charge in [-0.3, -0.25) is 4.98 Å². The zero-order valence-corrected chi connectivity index (χ0v) is 9.92. The van der Waals surface area contributed by atoms with Crippen LogP contribution in [0.15, 0.2) is 35.0 Å². The first-order valence-corrected chi connectivity index (χ1v) is 5.47. The maximum Gasteiger partial charge on any atom is 0.0715 e. The van der Waals surface area contributed by atoms with E-state index in [4.69, 9.17) is 5.73 Å². The van der Waals surface area contributed by atoms with Gasteiger partial charge in [-0.25, -0.2) is 0 Å². The summed E-state index contributed by atoms with van der Waals surface area (Å²) >= 11 is 3.44. The third-order valence-corrected chi connectivity index (χ3v) is 2.82. The first kappa shape index (κ1) is 11.4. The fourth-order valence-corrected chi connectivity index (χ4v) is 1.77. The quantitative estimate of drug-likeness (QED) is 0.839. The van der Waals surface area contributed by atoms with Gasteiger partial charge in [0.05, 0.1) is 11.7 Å². The van der Waals surface area contributed by atoms with Gasteiger partial charge < -0.3 is 5.73 Å². The van der Waals surface area contributed by atoms with Crippen LogP contribution < -0.4 is 5.73 Å². The molecular formula is C11H15BrN2. The molecule has 1 unspecified atom stereocenters. The Bertz CT molecular complexity index is 323. The molecule has 0 aromatic carbocycles. The van der Waals surface area contributed by atoms with Gasteiger partial charge >= 0.3 is 0 Å². The second kappa shape index (κ2) is 5.27. The lowest BCUT2D eigenvalue weighted by atomic mass is 10.0. The van der Waals surface area contributed by atoms with Gasteiger partial charge in [-0.15, -0.1) is 0 Å². The smallest absolute Gasteiger partial charge is 0.0715 e. The number of nitrogens with two attached hydrogens (primary N) is 1. The molecule has 0 bridgehead atoms. The molecule has 0 aliphatic heterocycles. The molecule has 76 valence electrons. The molecule has 1 aromatic heterocycles. The van der Waals surface area contributed by atoms with Crippen LogP contribution in [-0.2, 0) is 0 Å². The van der Waals surface area contributed by atoms with Gasteiger partial charge in [0.2, 0.25) is 0 Å². The molecule has 2 N–H and O–H groups in total. The summed E-state index contributed by atoms with van der Waals surface area (Å²) in [6.45, 7) is 6.03. The van der Waals surface area contributed by atoms with E-state index in [0.717, 1.165) is 28.6 Å². The number of hydrogen-bond acceptors (Lipinski definition) is 2. The van der Waals surface area contributed by atoms with E-state index in [1.165, 1.54) is 0 Å². The number of rotatable bonds is 4. The highest BCUT2D eigenvalue weighted by atomic mass is 79.9. The minimum absolute atomic E-state index is 0.0574. The summed E-state index contributed by atoms with van der Waals surface area (Å²) in [5, 5.41) is 0. The van der Waals surface area contributed by atoms with E-state index in [0.29, 0.717) is 0 Å². The highest BCUT2D eigenvalue weighted by Crippen LogP contribution is 2.24. The van der Waals surface area contributed by atoms with Gasteiger partial charge in [0.1, 0.15) is 0 Å².